The van der Waals surface area contributed by atoms with Crippen molar-refractivity contribution in [2.24, 2.45) is 0 Å². The van der Waals surface area contributed by atoms with E-state index in [0.717, 1.165) is 4.47 Å². The highest BCUT2D eigenvalue weighted by atomic mass is 79.9. The first kappa shape index (κ1) is 15.4. The molecule has 4 nitrogen and oxygen atoms in total. The van der Waals surface area contributed by atoms with Gasteiger partial charge in [0.25, 0.3) is 0 Å². The Labute approximate surface area is 131 Å². The topological polar surface area (TPSA) is 47.3 Å². The summed E-state index contributed by atoms with van der Waals surface area (Å²) < 4.78 is 7.67. The van der Waals surface area contributed by atoms with Crippen LogP contribution in [-0.2, 0) is 0 Å². The molecule has 1 N–H and O–H groups in total. The normalized spacial score (nSPS) is 12.8. The second kappa shape index (κ2) is 6.16. The van der Waals surface area contributed by atoms with E-state index in [1.54, 1.807) is 36.2 Å². The minimum atomic E-state index is -0.808. The van der Waals surface area contributed by atoms with Gasteiger partial charge in [-0.05, 0) is 47.5 Å². The number of aliphatic hydroxyl groups is 1. The van der Waals surface area contributed by atoms with Crippen LogP contribution in [0.4, 0.5) is 0 Å². The maximum Gasteiger partial charge on any atom is 0.137 e. The summed E-state index contributed by atoms with van der Waals surface area (Å²) >= 11 is 9.54. The van der Waals surface area contributed by atoms with Crippen molar-refractivity contribution in [1.29, 1.82) is 0 Å². The van der Waals surface area contributed by atoms with Crippen molar-refractivity contribution in [2.75, 3.05) is 7.11 Å². The van der Waals surface area contributed by atoms with E-state index in [-0.39, 0.29) is 6.04 Å². The number of halogens is 2. The van der Waals surface area contributed by atoms with Crippen LogP contribution >= 0.6 is 27.5 Å². The van der Waals surface area contributed by atoms with Crippen LogP contribution < -0.4 is 4.74 Å². The van der Waals surface area contributed by atoms with Gasteiger partial charge in [0.1, 0.15) is 11.9 Å². The van der Waals surface area contributed by atoms with Crippen molar-refractivity contribution < 1.29 is 9.84 Å². The number of nitrogens with zero attached hydrogens (tertiary/aromatic N) is 2. The number of aromatic nitrogens is 2. The van der Waals surface area contributed by atoms with Crippen molar-refractivity contribution in [1.82, 2.24) is 9.78 Å². The molecule has 0 radical (unpaired) electrons. The average molecular weight is 360 g/mol. The van der Waals surface area contributed by atoms with E-state index >= 15 is 0 Å². The van der Waals surface area contributed by atoms with Crippen molar-refractivity contribution >= 4 is 27.5 Å². The monoisotopic (exact) mass is 358 g/mol. The zero-order chi connectivity index (χ0) is 14.9. The van der Waals surface area contributed by atoms with Gasteiger partial charge in [-0.2, -0.15) is 5.10 Å². The summed E-state index contributed by atoms with van der Waals surface area (Å²) in [6.45, 7) is 4.02. The van der Waals surface area contributed by atoms with Gasteiger partial charge >= 0.3 is 0 Å². The first-order valence-corrected chi connectivity index (χ1v) is 7.37. The van der Waals surface area contributed by atoms with Gasteiger partial charge in [0, 0.05) is 6.04 Å². The standard InChI is InChI=1S/C14H16BrClN2O2/c1-8(2)18-13(10(15)7-17-18)14(19)9-4-5-12(20-3)11(16)6-9/h4-8,14,19H,1-3H3. The summed E-state index contributed by atoms with van der Waals surface area (Å²) in [4.78, 5) is 0. The minimum absolute atomic E-state index is 0.152. The highest BCUT2D eigenvalue weighted by molar-refractivity contribution is 9.10. The van der Waals surface area contributed by atoms with Crippen LogP contribution in [0.2, 0.25) is 5.02 Å². The molecule has 1 aromatic heterocycles. The number of ether oxygens (including phenoxy) is 1. The second-order valence-electron chi connectivity index (χ2n) is 4.71. The van der Waals surface area contributed by atoms with E-state index < -0.39 is 6.10 Å². The lowest BCUT2D eigenvalue weighted by molar-refractivity contribution is 0.204. The van der Waals surface area contributed by atoms with Gasteiger partial charge in [0.05, 0.1) is 28.5 Å². The number of aliphatic hydroxyl groups excluding tert-OH is 1. The molecular formula is C14H16BrClN2O2. The van der Waals surface area contributed by atoms with Gasteiger partial charge in [0.15, 0.2) is 0 Å². The molecule has 0 fully saturated rings. The van der Waals surface area contributed by atoms with Crippen LogP contribution in [0.5, 0.6) is 5.75 Å². The molecule has 0 aliphatic heterocycles. The number of benzene rings is 1. The van der Waals surface area contributed by atoms with Gasteiger partial charge < -0.3 is 9.84 Å². The molecule has 1 atom stereocenters. The molecule has 6 heteroatoms. The van der Waals surface area contributed by atoms with Gasteiger partial charge in [-0.25, -0.2) is 0 Å². The van der Waals surface area contributed by atoms with Crippen molar-refractivity contribution in [3.63, 3.8) is 0 Å². The van der Waals surface area contributed by atoms with E-state index in [2.05, 4.69) is 21.0 Å². The molecule has 0 saturated heterocycles. The predicted molar refractivity (Wildman–Crippen MR) is 82.4 cm³/mol. The molecule has 0 amide bonds. The van der Waals surface area contributed by atoms with Crippen LogP contribution in [0, 0.1) is 0 Å². The number of hydrogen-bond donors (Lipinski definition) is 1. The highest BCUT2D eigenvalue weighted by Crippen LogP contribution is 2.33. The van der Waals surface area contributed by atoms with Gasteiger partial charge in [-0.3, -0.25) is 4.68 Å². The molecule has 0 spiro atoms. The maximum absolute atomic E-state index is 10.6. The third-order valence-electron chi connectivity index (χ3n) is 3.03. The molecule has 1 aromatic carbocycles. The molecule has 1 heterocycles. The first-order chi connectivity index (χ1) is 9.45. The summed E-state index contributed by atoms with van der Waals surface area (Å²) in [5, 5.41) is 15.3. The van der Waals surface area contributed by atoms with Crippen LogP contribution in [0.25, 0.3) is 0 Å². The molecule has 108 valence electrons. The fourth-order valence-electron chi connectivity index (χ4n) is 2.03. The third-order valence-corrected chi connectivity index (χ3v) is 3.93. The summed E-state index contributed by atoms with van der Waals surface area (Å²) in [7, 11) is 1.56. The summed E-state index contributed by atoms with van der Waals surface area (Å²) in [6.07, 6.45) is 0.877. The van der Waals surface area contributed by atoms with Crippen LogP contribution in [0.3, 0.4) is 0 Å². The Balaban J connectivity index is 2.43. The smallest absolute Gasteiger partial charge is 0.137 e. The van der Waals surface area contributed by atoms with Gasteiger partial charge in [-0.15, -0.1) is 0 Å². The quantitative estimate of drug-likeness (QED) is 0.898. The van der Waals surface area contributed by atoms with E-state index in [9.17, 15) is 5.11 Å². The Bertz CT molecular complexity index is 613. The largest absolute Gasteiger partial charge is 0.495 e. The average Bonchev–Trinajstić information content (AvgIpc) is 2.80. The summed E-state index contributed by atoms with van der Waals surface area (Å²) in [5.74, 6) is 0.582. The maximum atomic E-state index is 10.6. The van der Waals surface area contributed by atoms with Crippen molar-refractivity contribution in [2.45, 2.75) is 26.0 Å². The molecule has 0 aliphatic carbocycles. The minimum Gasteiger partial charge on any atom is -0.495 e. The molecule has 2 aromatic rings. The molecule has 20 heavy (non-hydrogen) atoms. The second-order valence-corrected chi connectivity index (χ2v) is 5.97. The Kier molecular flexibility index (Phi) is 4.73. The van der Waals surface area contributed by atoms with Crippen LogP contribution in [0.15, 0.2) is 28.9 Å². The Morgan fingerprint density at radius 1 is 1.40 bits per heavy atom. The van der Waals surface area contributed by atoms with Crippen molar-refractivity contribution in [3.05, 3.63) is 45.1 Å². The highest BCUT2D eigenvalue weighted by Gasteiger charge is 2.21. The lowest BCUT2D eigenvalue weighted by atomic mass is 10.1. The Morgan fingerprint density at radius 3 is 2.65 bits per heavy atom. The third kappa shape index (κ3) is 2.85. The lowest BCUT2D eigenvalue weighted by Crippen LogP contribution is -2.12. The molecular weight excluding hydrogens is 344 g/mol. The number of hydrogen-bond acceptors (Lipinski definition) is 3. The van der Waals surface area contributed by atoms with Crippen LogP contribution in [-0.4, -0.2) is 22.0 Å². The zero-order valence-electron chi connectivity index (χ0n) is 11.5. The van der Waals surface area contributed by atoms with E-state index in [1.807, 2.05) is 13.8 Å². The van der Waals surface area contributed by atoms with Crippen molar-refractivity contribution in [3.8, 4) is 5.75 Å². The van der Waals surface area contributed by atoms with Crippen LogP contribution in [0.1, 0.15) is 37.3 Å². The predicted octanol–water partition coefficient (Wildman–Crippen LogP) is 3.97. The number of rotatable bonds is 4. The first-order valence-electron chi connectivity index (χ1n) is 6.20. The molecule has 0 bridgehead atoms. The summed E-state index contributed by atoms with van der Waals surface area (Å²) in [6, 6.07) is 5.39. The molecule has 0 saturated carbocycles. The Morgan fingerprint density at radius 2 is 2.10 bits per heavy atom. The summed E-state index contributed by atoms with van der Waals surface area (Å²) in [5.41, 5.74) is 1.40. The van der Waals surface area contributed by atoms with Gasteiger partial charge in [0.2, 0.25) is 0 Å². The lowest BCUT2D eigenvalue weighted by Gasteiger charge is -2.17. The zero-order valence-corrected chi connectivity index (χ0v) is 13.8. The fourth-order valence-corrected chi connectivity index (χ4v) is 2.78. The molecule has 2 rings (SSSR count). The van der Waals surface area contributed by atoms with Gasteiger partial charge in [-0.1, -0.05) is 17.7 Å². The SMILES string of the molecule is COc1ccc(C(O)c2c(Br)cnn2C(C)C)cc1Cl. The Hall–Kier alpha value is -1.04. The van der Waals surface area contributed by atoms with E-state index in [4.69, 9.17) is 16.3 Å². The van der Waals surface area contributed by atoms with E-state index in [1.165, 1.54) is 0 Å². The molecule has 1 unspecified atom stereocenters. The molecule has 0 aliphatic rings. The fraction of sp³-hybridized carbons (Fsp3) is 0.357. The number of methoxy groups -OCH3 is 1. The van der Waals surface area contributed by atoms with E-state index in [0.29, 0.717) is 22.0 Å².